The Kier molecular flexibility index (Phi) is 39.0. The second kappa shape index (κ2) is 50.0. The summed E-state index contributed by atoms with van der Waals surface area (Å²) in [5.74, 6) is -22.9. The number of rotatable bonds is 25. The van der Waals surface area contributed by atoms with E-state index in [4.69, 9.17) is 20.9 Å². The molecule has 1 aromatic heterocycles. The lowest BCUT2D eigenvalue weighted by atomic mass is 9.98. The van der Waals surface area contributed by atoms with Gasteiger partial charge in [-0.2, -0.15) is 0 Å². The molecular formula is C91H116F3N17O21S. The quantitative estimate of drug-likeness (QED) is 0.0237. The Morgan fingerprint density at radius 3 is 1.78 bits per heavy atom. The number of H-pyrrole nitrogens is 1. The number of unbranched alkanes of at least 4 members (excludes halogenated alkanes) is 1. The van der Waals surface area contributed by atoms with E-state index in [-0.39, 0.29) is 82.4 Å². The number of hydrogen-bond donors (Lipinski definition) is 15. The van der Waals surface area contributed by atoms with Crippen LogP contribution in [0, 0.1) is 23.4 Å². The lowest BCUT2D eigenvalue weighted by Gasteiger charge is -2.38. The molecule has 718 valence electrons. The predicted molar refractivity (Wildman–Crippen MR) is 478 cm³/mol. The zero-order valence-electron chi connectivity index (χ0n) is 74.5. The molecule has 14 atom stereocenters. The number of fused-ring (bicyclic) bond motifs is 3. The number of phenolic OH excluding ortho intramolecular Hbond substituents is 1. The first-order valence-electron chi connectivity index (χ1n) is 43.7. The van der Waals surface area contributed by atoms with Gasteiger partial charge in [0.15, 0.2) is 17.5 Å². The molecule has 15 amide bonds. The Morgan fingerprint density at radius 1 is 0.586 bits per heavy atom. The Balaban J connectivity index is 1.13. The summed E-state index contributed by atoms with van der Waals surface area (Å²) in [7, 11) is 3.69. The van der Waals surface area contributed by atoms with Crippen LogP contribution >= 0.6 is 11.8 Å². The van der Waals surface area contributed by atoms with Crippen molar-refractivity contribution in [3.63, 3.8) is 0 Å². The molecule has 9 rings (SSSR count). The Labute approximate surface area is 769 Å². The topological polar surface area (TPSA) is 545 Å². The number of ether oxygens (including phenoxy) is 2. The molecule has 3 aliphatic rings. The molecule has 0 aliphatic carbocycles. The minimum Gasteiger partial charge on any atom is -0.508 e. The van der Waals surface area contributed by atoms with Crippen molar-refractivity contribution in [2.45, 2.75) is 182 Å². The molecule has 0 unspecified atom stereocenters. The number of halogens is 3. The third-order valence-corrected chi connectivity index (χ3v) is 24.3. The van der Waals surface area contributed by atoms with Crippen molar-refractivity contribution >= 4 is 118 Å². The molecule has 17 N–H and O–H groups in total. The highest BCUT2D eigenvalue weighted by molar-refractivity contribution is 8.00. The first-order valence-corrected chi connectivity index (χ1v) is 44.8. The van der Waals surface area contributed by atoms with Gasteiger partial charge in [-0.25, -0.2) is 13.2 Å². The standard InChI is InChI=1S/C91H116F3N17O21S/c1-7-8-25-70-90(129)111-45-58(115)42-72(111)85(124)104-68(46-132-50-113)83(122)106-78(51(2)3)91(130)108(5)71(39-52-18-11-9-12-19-52)84(123)101-64(24-17-31-95)88(127)110-32-34-131-47-74(110)86(125)103-66(41-56-43-97-62-23-16-15-22-59(56)62)82(121)102-65(37-54-26-28-57(114)29-27-54)81(120)100-63(30-33-112)80(119)105-69(79(118)98-44-75(96)116)48-133-49-76(117)99-67(38-55-35-60(92)77(94)61(93)36-55)87(126)109(6)73(89(128)107(70)4)40-53-20-13-10-14-21-53/h9-16,18-23,26-29,35-36,43,50-51,58,63-74,78,97,112,114-115H,7-8,17,24-25,30-34,37-42,44-49,95H2,1-6H3,(H2,96,116)(H,98,118)(H,99,117)(H,100,120)(H,101,123)(H,102,121)(H,103,125)(H,104,124)(H,105,119)(H,106,122)/t58-,63+,64+,65+,66+,67+,68+,69+,70+,71+,72-,73+,74-,78+/m1/s1. The number of likely N-dealkylation sites (N-methyl/N-ethyl adjacent to an activating group) is 3. The number of benzene rings is 5. The second-order valence-corrected chi connectivity index (χ2v) is 34.3. The number of thioether (sulfide) groups is 1. The number of primary amides is 1. The van der Waals surface area contributed by atoms with Crippen LogP contribution in [-0.2, 0) is 118 Å². The molecule has 0 bridgehead atoms. The van der Waals surface area contributed by atoms with Crippen molar-refractivity contribution in [3.05, 3.63) is 173 Å². The number of aromatic nitrogens is 1. The number of hydrogen-bond acceptors (Lipinski definition) is 23. The van der Waals surface area contributed by atoms with Crippen molar-refractivity contribution in [1.29, 1.82) is 0 Å². The number of nitrogens with one attached hydrogen (secondary N) is 10. The van der Waals surface area contributed by atoms with Crippen molar-refractivity contribution in [2.75, 3.05) is 85.3 Å². The van der Waals surface area contributed by atoms with Crippen LogP contribution in [0.2, 0.25) is 0 Å². The fourth-order valence-corrected chi connectivity index (χ4v) is 16.8. The SMILES string of the molecule is CCCC[C@H]1C(=O)N2C[C@H](O)C[C@@H]2C(=O)N[C@@H](COC=O)C(=O)N[C@@H](C(C)C)C(=O)N(C)[C@@H](Cc2ccccc2)C(=O)N[C@@H](CCCN)C(=O)N2CCOC[C@@H]2C(=O)N[C@@H](Cc2c[nH]c3ccccc23)C(=O)N[C@@H](Cc2ccc(O)cc2)C(=O)N[C@@H](CCO)C(=O)N[C@H](C(=O)NCC(N)=O)CSCC(=O)N[C@@H](Cc2cc(F)c(F)c(F)c2)C(=O)N(C)[C@@H](Cc2ccccc2)C(=O)N1C. The van der Waals surface area contributed by atoms with Crippen LogP contribution in [0.4, 0.5) is 13.2 Å². The molecule has 0 radical (unpaired) electrons. The predicted octanol–water partition coefficient (Wildman–Crippen LogP) is -1.16. The summed E-state index contributed by atoms with van der Waals surface area (Å²) < 4.78 is 56.0. The largest absolute Gasteiger partial charge is 0.508 e. The average molecular weight is 1870 g/mol. The van der Waals surface area contributed by atoms with E-state index in [1.165, 1.54) is 38.4 Å². The van der Waals surface area contributed by atoms with Crippen molar-refractivity contribution in [2.24, 2.45) is 17.4 Å². The first-order chi connectivity index (χ1) is 63.5. The summed E-state index contributed by atoms with van der Waals surface area (Å²) in [6.07, 6.45) is -2.46. The van der Waals surface area contributed by atoms with Crippen LogP contribution in [0.15, 0.2) is 128 Å². The van der Waals surface area contributed by atoms with Crippen molar-refractivity contribution < 1.29 is 115 Å². The molecule has 6 aromatic rings. The van der Waals surface area contributed by atoms with E-state index < -0.39 is 267 Å². The van der Waals surface area contributed by atoms with Crippen LogP contribution in [-0.4, -0.2) is 310 Å². The fourth-order valence-electron chi connectivity index (χ4n) is 15.9. The van der Waals surface area contributed by atoms with Crippen molar-refractivity contribution in [3.8, 4) is 5.75 Å². The molecule has 0 spiro atoms. The van der Waals surface area contributed by atoms with Gasteiger partial charge in [0.25, 0.3) is 6.47 Å². The lowest BCUT2D eigenvalue weighted by molar-refractivity contribution is -0.152. The zero-order valence-corrected chi connectivity index (χ0v) is 75.4. The van der Waals surface area contributed by atoms with Crippen LogP contribution < -0.4 is 59.3 Å². The number of aromatic hydroxyl groups is 1. The third kappa shape index (κ3) is 28.7. The van der Waals surface area contributed by atoms with E-state index in [0.717, 1.165) is 31.5 Å². The van der Waals surface area contributed by atoms with Gasteiger partial charge >= 0.3 is 0 Å². The highest BCUT2D eigenvalue weighted by Crippen LogP contribution is 2.28. The minimum absolute atomic E-state index is 0.0119. The number of aromatic amines is 1. The van der Waals surface area contributed by atoms with E-state index in [1.54, 1.807) is 112 Å². The average Bonchev–Trinajstić information content (AvgIpc) is 1.50. The molecule has 3 saturated heterocycles. The summed E-state index contributed by atoms with van der Waals surface area (Å²) in [6.45, 7) is 0.933. The number of phenols is 1. The normalized spacial score (nSPS) is 24.2. The molecule has 4 heterocycles. The monoisotopic (exact) mass is 1870 g/mol. The molecular weight excluding hydrogens is 1760 g/mol. The van der Waals surface area contributed by atoms with Gasteiger partial charge in [0.05, 0.1) is 31.6 Å². The van der Waals surface area contributed by atoms with Gasteiger partial charge in [0.2, 0.25) is 88.6 Å². The zero-order chi connectivity index (χ0) is 96.9. The Hall–Kier alpha value is -13.1. The van der Waals surface area contributed by atoms with Crippen LogP contribution in [0.3, 0.4) is 0 Å². The number of amides is 15. The number of carbonyl (C=O) groups is 16. The third-order valence-electron chi connectivity index (χ3n) is 23.3. The van der Waals surface area contributed by atoms with E-state index >= 15 is 51.9 Å². The van der Waals surface area contributed by atoms with Gasteiger partial charge in [0, 0.05) is 102 Å². The summed E-state index contributed by atoms with van der Waals surface area (Å²) in [5, 5.41) is 56.1. The van der Waals surface area contributed by atoms with Crippen molar-refractivity contribution in [1.82, 2.24) is 77.3 Å². The summed E-state index contributed by atoms with van der Waals surface area (Å²) in [4.78, 5) is 245. The van der Waals surface area contributed by atoms with Gasteiger partial charge in [-0.15, -0.1) is 11.8 Å². The fraction of sp³-hybridized carbons (Fsp3) is 0.473. The lowest BCUT2D eigenvalue weighted by Crippen LogP contribution is -2.64. The van der Waals surface area contributed by atoms with Crippen LogP contribution in [0.5, 0.6) is 5.75 Å². The molecule has 42 heteroatoms. The maximum Gasteiger partial charge on any atom is 0.293 e. The highest BCUT2D eigenvalue weighted by atomic mass is 32.2. The molecule has 3 fully saturated rings. The molecule has 38 nitrogen and oxygen atoms in total. The molecule has 5 aromatic carbocycles. The number of para-hydroxylation sites is 1. The van der Waals surface area contributed by atoms with E-state index in [0.29, 0.717) is 63.5 Å². The number of carbonyl (C=O) groups excluding carboxylic acids is 16. The minimum atomic E-state index is -1.91. The summed E-state index contributed by atoms with van der Waals surface area (Å²) in [5.41, 5.74) is 13.4. The maximum atomic E-state index is 15.7. The van der Waals surface area contributed by atoms with E-state index in [2.05, 4.69) is 52.8 Å². The van der Waals surface area contributed by atoms with Gasteiger partial charge in [-0.1, -0.05) is 125 Å². The maximum absolute atomic E-state index is 15.7. The van der Waals surface area contributed by atoms with E-state index in [1.807, 2.05) is 0 Å². The number of aliphatic hydroxyl groups is 2. The smallest absolute Gasteiger partial charge is 0.293 e. The van der Waals surface area contributed by atoms with Crippen LogP contribution in [0.1, 0.15) is 93.5 Å². The highest BCUT2D eigenvalue weighted by Gasteiger charge is 2.48. The second-order valence-electron chi connectivity index (χ2n) is 33.2. The number of nitrogens with two attached hydrogens (primary N) is 2. The Morgan fingerprint density at radius 2 is 1.15 bits per heavy atom. The Bertz CT molecular complexity index is 5080. The summed E-state index contributed by atoms with van der Waals surface area (Å²) in [6, 6.07) is 8.34. The summed E-state index contributed by atoms with van der Waals surface area (Å²) >= 11 is 0.617. The molecule has 3 aliphatic heterocycles. The number of nitrogens with zero attached hydrogens (tertiary/aromatic N) is 5. The first kappa shape index (κ1) is 104. The van der Waals surface area contributed by atoms with Gasteiger partial charge < -0.3 is 114 Å². The number of morpholine rings is 1. The molecule has 0 saturated carbocycles. The van der Waals surface area contributed by atoms with Crippen LogP contribution in [0.25, 0.3) is 10.9 Å². The van der Waals surface area contributed by atoms with Gasteiger partial charge in [-0.3, -0.25) is 76.7 Å². The molecule has 133 heavy (non-hydrogen) atoms. The van der Waals surface area contributed by atoms with E-state index in [9.17, 15) is 53.3 Å². The van der Waals surface area contributed by atoms with Gasteiger partial charge in [0.1, 0.15) is 90.9 Å². The van der Waals surface area contributed by atoms with Gasteiger partial charge in [-0.05, 0) is 96.3 Å². The number of aliphatic hydroxyl groups excluding tert-OH is 2.